The first kappa shape index (κ1) is 15.3. The van der Waals surface area contributed by atoms with Crippen LogP contribution in [-0.2, 0) is 13.0 Å². The number of nitrogens with zero attached hydrogens (tertiary/aromatic N) is 3. The first-order valence-electron chi connectivity index (χ1n) is 6.71. The van der Waals surface area contributed by atoms with Gasteiger partial charge in [0.25, 0.3) is 0 Å². The smallest absolute Gasteiger partial charge is 0.329 e. The number of aromatic nitrogens is 2. The molecule has 0 spiro atoms. The number of para-hydroxylation sites is 1. The maximum atomic E-state index is 11.0. The van der Waals surface area contributed by atoms with Crippen molar-refractivity contribution in [2.24, 2.45) is 0 Å². The third-order valence-corrected chi connectivity index (χ3v) is 3.35. The highest BCUT2D eigenvalue weighted by Gasteiger charge is 2.24. The van der Waals surface area contributed by atoms with Gasteiger partial charge in [0, 0.05) is 13.0 Å². The number of halogens is 1. The molecular weight excluding hydrogens is 294 g/mol. The second-order valence-corrected chi connectivity index (χ2v) is 4.79. The van der Waals surface area contributed by atoms with Gasteiger partial charge in [-0.25, -0.2) is 4.68 Å². The van der Waals surface area contributed by atoms with Gasteiger partial charge in [-0.3, -0.25) is 10.1 Å². The molecule has 0 aliphatic carbocycles. The predicted molar refractivity (Wildman–Crippen MR) is 79.8 cm³/mol. The first-order valence-corrected chi connectivity index (χ1v) is 7.08. The second-order valence-electron chi connectivity index (χ2n) is 4.43. The van der Waals surface area contributed by atoms with Crippen LogP contribution in [0, 0.1) is 10.1 Å². The Morgan fingerprint density at radius 3 is 2.67 bits per heavy atom. The van der Waals surface area contributed by atoms with E-state index in [1.54, 1.807) is 0 Å². The Morgan fingerprint density at radius 2 is 2.10 bits per heavy atom. The molecule has 1 heterocycles. The number of hydrogen-bond acceptors (Lipinski definition) is 4. The fraction of sp³-hybridized carbons (Fsp3) is 0.357. The summed E-state index contributed by atoms with van der Waals surface area (Å²) >= 11 is 6.02. The van der Waals surface area contributed by atoms with Crippen LogP contribution in [0.2, 0.25) is 5.15 Å². The van der Waals surface area contributed by atoms with Crippen LogP contribution in [0.4, 0.5) is 5.69 Å². The summed E-state index contributed by atoms with van der Waals surface area (Å²) in [5.74, 6) is 0.796. The molecule has 0 aliphatic rings. The number of ether oxygens (including phenoxy) is 1. The lowest BCUT2D eigenvalue weighted by Crippen LogP contribution is -2.06. The molecule has 2 rings (SSSR count). The summed E-state index contributed by atoms with van der Waals surface area (Å²) in [6, 6.07) is 9.47. The summed E-state index contributed by atoms with van der Waals surface area (Å²) in [6.07, 6.45) is 1.14. The van der Waals surface area contributed by atoms with Crippen molar-refractivity contribution in [3.63, 3.8) is 0 Å². The van der Waals surface area contributed by atoms with E-state index >= 15 is 0 Å². The van der Waals surface area contributed by atoms with Gasteiger partial charge in [-0.1, -0.05) is 36.7 Å². The number of benzene rings is 1. The molecular formula is C14H16ClN3O3. The SMILES string of the molecule is CCc1nn(CCCOc2ccccc2)c(Cl)c1[N+](=O)[O-]. The Hall–Kier alpha value is -2.08. The van der Waals surface area contributed by atoms with Gasteiger partial charge in [0.1, 0.15) is 11.4 Å². The number of hydrogen-bond donors (Lipinski definition) is 0. The topological polar surface area (TPSA) is 70.2 Å². The van der Waals surface area contributed by atoms with E-state index in [1.807, 2.05) is 37.3 Å². The van der Waals surface area contributed by atoms with Gasteiger partial charge in [0.15, 0.2) is 0 Å². The number of rotatable bonds is 7. The summed E-state index contributed by atoms with van der Waals surface area (Å²) in [4.78, 5) is 10.5. The molecule has 0 saturated heterocycles. The average Bonchev–Trinajstić information content (AvgIpc) is 2.81. The van der Waals surface area contributed by atoms with Crippen molar-refractivity contribution in [3.05, 3.63) is 51.3 Å². The summed E-state index contributed by atoms with van der Waals surface area (Å²) < 4.78 is 7.03. The lowest BCUT2D eigenvalue weighted by molar-refractivity contribution is -0.385. The molecule has 0 fully saturated rings. The third kappa shape index (κ3) is 3.72. The van der Waals surface area contributed by atoms with Crippen LogP contribution in [0.3, 0.4) is 0 Å². The fourth-order valence-corrected chi connectivity index (χ4v) is 2.27. The first-order chi connectivity index (χ1) is 10.1. The highest BCUT2D eigenvalue weighted by Crippen LogP contribution is 2.28. The van der Waals surface area contributed by atoms with Gasteiger partial charge < -0.3 is 4.74 Å². The normalized spacial score (nSPS) is 10.6. The molecule has 0 N–H and O–H groups in total. The van der Waals surface area contributed by atoms with Gasteiger partial charge in [0.2, 0.25) is 5.15 Å². The minimum atomic E-state index is -0.481. The summed E-state index contributed by atoms with van der Waals surface area (Å²) in [5, 5.41) is 15.2. The van der Waals surface area contributed by atoms with Gasteiger partial charge in [-0.15, -0.1) is 0 Å². The zero-order valence-corrected chi connectivity index (χ0v) is 12.4. The molecule has 0 saturated carbocycles. The van der Waals surface area contributed by atoms with E-state index in [9.17, 15) is 10.1 Å². The van der Waals surface area contributed by atoms with Gasteiger partial charge in [0.05, 0.1) is 11.5 Å². The zero-order valence-electron chi connectivity index (χ0n) is 11.7. The van der Waals surface area contributed by atoms with E-state index in [2.05, 4.69) is 5.10 Å². The molecule has 0 atom stereocenters. The van der Waals surface area contributed by atoms with Crippen molar-refractivity contribution >= 4 is 17.3 Å². The van der Waals surface area contributed by atoms with Crippen LogP contribution in [0.25, 0.3) is 0 Å². The Balaban J connectivity index is 1.93. The Labute approximate surface area is 127 Å². The fourth-order valence-electron chi connectivity index (χ4n) is 1.97. The monoisotopic (exact) mass is 309 g/mol. The van der Waals surface area contributed by atoms with Crippen molar-refractivity contribution in [2.45, 2.75) is 26.3 Å². The van der Waals surface area contributed by atoms with E-state index in [0.717, 1.165) is 5.75 Å². The van der Waals surface area contributed by atoms with E-state index < -0.39 is 4.92 Å². The summed E-state index contributed by atoms with van der Waals surface area (Å²) in [6.45, 7) is 2.79. The molecule has 0 unspecified atom stereocenters. The van der Waals surface area contributed by atoms with Crippen molar-refractivity contribution in [2.75, 3.05) is 6.61 Å². The van der Waals surface area contributed by atoms with E-state index in [-0.39, 0.29) is 10.8 Å². The Bertz CT molecular complexity index is 613. The van der Waals surface area contributed by atoms with Crippen LogP contribution in [-0.4, -0.2) is 21.3 Å². The summed E-state index contributed by atoms with van der Waals surface area (Å²) in [5.41, 5.74) is 0.317. The Kier molecular flexibility index (Phi) is 5.16. The maximum absolute atomic E-state index is 11.0. The van der Waals surface area contributed by atoms with Crippen molar-refractivity contribution in [1.82, 2.24) is 9.78 Å². The minimum Gasteiger partial charge on any atom is -0.494 e. The number of nitro groups is 1. The molecule has 2 aromatic rings. The highest BCUT2D eigenvalue weighted by molar-refractivity contribution is 6.31. The molecule has 21 heavy (non-hydrogen) atoms. The average molecular weight is 310 g/mol. The molecule has 0 radical (unpaired) electrons. The van der Waals surface area contributed by atoms with Crippen molar-refractivity contribution in [3.8, 4) is 5.75 Å². The van der Waals surface area contributed by atoms with Crippen LogP contribution < -0.4 is 4.74 Å². The highest BCUT2D eigenvalue weighted by atomic mass is 35.5. The second kappa shape index (κ2) is 7.08. The van der Waals surface area contributed by atoms with Gasteiger partial charge >= 0.3 is 5.69 Å². The van der Waals surface area contributed by atoms with E-state index in [4.69, 9.17) is 16.3 Å². The molecule has 7 heteroatoms. The van der Waals surface area contributed by atoms with Crippen molar-refractivity contribution in [1.29, 1.82) is 0 Å². The molecule has 112 valence electrons. The number of aryl methyl sites for hydroxylation is 2. The molecule has 6 nitrogen and oxygen atoms in total. The Morgan fingerprint density at radius 1 is 1.38 bits per heavy atom. The maximum Gasteiger partial charge on any atom is 0.329 e. The van der Waals surface area contributed by atoms with Gasteiger partial charge in [-0.2, -0.15) is 5.10 Å². The predicted octanol–water partition coefficient (Wildman–Crippen LogP) is 3.48. The largest absolute Gasteiger partial charge is 0.494 e. The molecule has 0 amide bonds. The van der Waals surface area contributed by atoms with E-state index in [1.165, 1.54) is 4.68 Å². The van der Waals surface area contributed by atoms with Crippen LogP contribution in [0.1, 0.15) is 19.0 Å². The quantitative estimate of drug-likeness (QED) is 0.446. The standard InChI is InChI=1S/C14H16ClN3O3/c1-2-12-13(18(19)20)14(15)17(16-12)9-6-10-21-11-7-4-3-5-8-11/h3-5,7-8H,2,6,9-10H2,1H3. The molecule has 0 aliphatic heterocycles. The van der Waals surface area contributed by atoms with Crippen LogP contribution >= 0.6 is 11.6 Å². The zero-order chi connectivity index (χ0) is 15.2. The van der Waals surface area contributed by atoms with E-state index in [0.29, 0.717) is 31.7 Å². The molecule has 1 aromatic carbocycles. The molecule has 1 aromatic heterocycles. The van der Waals surface area contributed by atoms with Crippen molar-refractivity contribution < 1.29 is 9.66 Å². The van der Waals surface area contributed by atoms with Gasteiger partial charge in [-0.05, 0) is 18.6 Å². The minimum absolute atomic E-state index is 0.0801. The van der Waals surface area contributed by atoms with Crippen LogP contribution in [0.5, 0.6) is 5.75 Å². The third-order valence-electron chi connectivity index (χ3n) is 2.98. The molecule has 0 bridgehead atoms. The summed E-state index contributed by atoms with van der Waals surface area (Å²) in [7, 11) is 0. The lowest BCUT2D eigenvalue weighted by atomic mass is 10.3. The van der Waals surface area contributed by atoms with Crippen LogP contribution in [0.15, 0.2) is 30.3 Å². The lowest BCUT2D eigenvalue weighted by Gasteiger charge is -2.06.